The van der Waals surface area contributed by atoms with Crippen molar-refractivity contribution < 1.29 is 14.6 Å². The van der Waals surface area contributed by atoms with Gasteiger partial charge in [0.25, 0.3) is 0 Å². The summed E-state index contributed by atoms with van der Waals surface area (Å²) in [4.78, 5) is 13.9. The fraction of sp³-hybridized carbons (Fsp3) is 0.240. The van der Waals surface area contributed by atoms with Gasteiger partial charge in [0.1, 0.15) is 18.4 Å². The molecular weight excluding hydrogens is 433 g/mol. The molecular formula is C25H23Cl2NO3. The molecule has 2 atom stereocenters. The Bertz CT molecular complexity index is 1060. The molecule has 4 rings (SSSR count). The standard InChI is InChI=1S/C25H23Cl2NO3/c26-21-12-5-11-20(23(21)27)24(28-14-6-13-22(28)25(29)30)18-9-4-10-19(15-18)31-16-17-7-2-1-3-8-17/h1-5,7-12,15,22,24H,6,13-14,16H2,(H,29,30). The Hall–Kier alpha value is -2.53. The van der Waals surface area contributed by atoms with Crippen molar-refractivity contribution in [2.75, 3.05) is 6.54 Å². The zero-order chi connectivity index (χ0) is 21.8. The predicted octanol–water partition coefficient (Wildman–Crippen LogP) is 6.21. The maximum Gasteiger partial charge on any atom is 0.320 e. The minimum Gasteiger partial charge on any atom is -0.489 e. The Kier molecular flexibility index (Phi) is 6.81. The van der Waals surface area contributed by atoms with Crippen LogP contribution in [0.1, 0.15) is 35.6 Å². The van der Waals surface area contributed by atoms with Gasteiger partial charge in [0.15, 0.2) is 0 Å². The van der Waals surface area contributed by atoms with Gasteiger partial charge in [-0.3, -0.25) is 9.69 Å². The van der Waals surface area contributed by atoms with Gasteiger partial charge in [-0.25, -0.2) is 0 Å². The van der Waals surface area contributed by atoms with E-state index in [1.54, 1.807) is 6.07 Å². The second kappa shape index (κ2) is 9.73. The highest BCUT2D eigenvalue weighted by atomic mass is 35.5. The first-order chi connectivity index (χ1) is 15.0. The highest BCUT2D eigenvalue weighted by Gasteiger charge is 2.37. The van der Waals surface area contributed by atoms with Gasteiger partial charge in [0.2, 0.25) is 0 Å². The van der Waals surface area contributed by atoms with Gasteiger partial charge < -0.3 is 9.84 Å². The van der Waals surface area contributed by atoms with Gasteiger partial charge in [-0.2, -0.15) is 0 Å². The SMILES string of the molecule is O=C(O)C1CCCN1C(c1cccc(OCc2ccccc2)c1)c1cccc(Cl)c1Cl. The summed E-state index contributed by atoms with van der Waals surface area (Å²) in [6, 6.07) is 22.3. The maximum absolute atomic E-state index is 11.9. The van der Waals surface area contributed by atoms with Crippen LogP contribution in [0.15, 0.2) is 72.8 Å². The molecule has 0 saturated carbocycles. The van der Waals surface area contributed by atoms with Gasteiger partial charge in [0.05, 0.1) is 16.1 Å². The van der Waals surface area contributed by atoms with Crippen LogP contribution >= 0.6 is 23.2 Å². The smallest absolute Gasteiger partial charge is 0.320 e. The number of halogens is 2. The molecule has 31 heavy (non-hydrogen) atoms. The number of likely N-dealkylation sites (tertiary alicyclic amines) is 1. The van der Waals surface area contributed by atoms with Gasteiger partial charge in [-0.1, -0.05) is 77.8 Å². The predicted molar refractivity (Wildman–Crippen MR) is 123 cm³/mol. The van der Waals surface area contributed by atoms with E-state index in [2.05, 4.69) is 0 Å². The fourth-order valence-corrected chi connectivity index (χ4v) is 4.57. The second-order valence-corrected chi connectivity index (χ2v) is 8.41. The lowest BCUT2D eigenvalue weighted by Crippen LogP contribution is -2.39. The number of hydrogen-bond acceptors (Lipinski definition) is 3. The van der Waals surface area contributed by atoms with Gasteiger partial charge in [0, 0.05) is 6.54 Å². The van der Waals surface area contributed by atoms with Gasteiger partial charge >= 0.3 is 5.97 Å². The van der Waals surface area contributed by atoms with Gasteiger partial charge in [-0.05, 0) is 47.7 Å². The van der Waals surface area contributed by atoms with Crippen molar-refractivity contribution in [1.82, 2.24) is 4.90 Å². The van der Waals surface area contributed by atoms with Crippen LogP contribution in [0.3, 0.4) is 0 Å². The first kappa shape index (κ1) is 21.7. The van der Waals surface area contributed by atoms with Gasteiger partial charge in [-0.15, -0.1) is 0 Å². The number of carboxylic acid groups (broad SMARTS) is 1. The molecule has 3 aromatic carbocycles. The Morgan fingerprint density at radius 1 is 1.06 bits per heavy atom. The lowest BCUT2D eigenvalue weighted by molar-refractivity contribution is -0.142. The Morgan fingerprint density at radius 3 is 2.61 bits per heavy atom. The number of aliphatic carboxylic acids is 1. The first-order valence-corrected chi connectivity index (χ1v) is 11.0. The highest BCUT2D eigenvalue weighted by Crippen LogP contribution is 2.40. The summed E-state index contributed by atoms with van der Waals surface area (Å²) < 4.78 is 6.02. The first-order valence-electron chi connectivity index (χ1n) is 10.2. The molecule has 1 fully saturated rings. The molecule has 0 aliphatic carbocycles. The Balaban J connectivity index is 1.70. The third-order valence-electron chi connectivity index (χ3n) is 5.61. The van der Waals surface area contributed by atoms with Crippen molar-refractivity contribution >= 4 is 29.2 Å². The molecule has 1 heterocycles. The van der Waals surface area contributed by atoms with Crippen molar-refractivity contribution in [1.29, 1.82) is 0 Å². The average molecular weight is 456 g/mol. The number of carboxylic acids is 1. The lowest BCUT2D eigenvalue weighted by Gasteiger charge is -2.33. The molecule has 0 radical (unpaired) electrons. The number of rotatable bonds is 7. The van der Waals surface area contributed by atoms with E-state index in [-0.39, 0.29) is 6.04 Å². The summed E-state index contributed by atoms with van der Waals surface area (Å²) in [7, 11) is 0. The van der Waals surface area contributed by atoms with Crippen LogP contribution in [0.5, 0.6) is 5.75 Å². The van der Waals surface area contributed by atoms with Crippen molar-refractivity contribution in [3.05, 3.63) is 99.5 Å². The average Bonchev–Trinajstić information content (AvgIpc) is 3.26. The van der Waals surface area contributed by atoms with Crippen LogP contribution in [0.4, 0.5) is 0 Å². The highest BCUT2D eigenvalue weighted by molar-refractivity contribution is 6.42. The summed E-state index contributed by atoms with van der Waals surface area (Å²) in [6.45, 7) is 1.12. The third-order valence-corrected chi connectivity index (χ3v) is 6.44. The topological polar surface area (TPSA) is 49.8 Å². The van der Waals surface area contributed by atoms with Crippen LogP contribution in [-0.2, 0) is 11.4 Å². The lowest BCUT2D eigenvalue weighted by atomic mass is 9.96. The van der Waals surface area contributed by atoms with Crippen LogP contribution in [0, 0.1) is 0 Å². The number of carbonyl (C=O) groups is 1. The summed E-state index contributed by atoms with van der Waals surface area (Å²) in [5.74, 6) is -0.104. The molecule has 0 spiro atoms. The van der Waals surface area contributed by atoms with E-state index in [1.807, 2.05) is 71.6 Å². The molecule has 160 valence electrons. The van der Waals surface area contributed by atoms with E-state index in [1.165, 1.54) is 0 Å². The monoisotopic (exact) mass is 455 g/mol. The molecule has 4 nitrogen and oxygen atoms in total. The molecule has 3 aromatic rings. The Labute approximate surface area is 192 Å². The van der Waals surface area contributed by atoms with E-state index in [0.717, 1.165) is 28.9 Å². The van der Waals surface area contributed by atoms with Crippen LogP contribution in [0.2, 0.25) is 10.0 Å². The second-order valence-electron chi connectivity index (χ2n) is 7.63. The largest absolute Gasteiger partial charge is 0.489 e. The van der Waals surface area contributed by atoms with E-state index >= 15 is 0 Å². The number of hydrogen-bond donors (Lipinski definition) is 1. The zero-order valence-electron chi connectivity index (χ0n) is 16.9. The zero-order valence-corrected chi connectivity index (χ0v) is 18.4. The Morgan fingerprint density at radius 2 is 1.84 bits per heavy atom. The maximum atomic E-state index is 11.9. The summed E-state index contributed by atoms with van der Waals surface area (Å²) in [5, 5.41) is 10.7. The van der Waals surface area contributed by atoms with Crippen molar-refractivity contribution in [2.24, 2.45) is 0 Å². The molecule has 0 amide bonds. The molecule has 2 unspecified atom stereocenters. The summed E-state index contributed by atoms with van der Waals surface area (Å²) >= 11 is 12.9. The van der Waals surface area contributed by atoms with E-state index in [0.29, 0.717) is 29.6 Å². The molecule has 1 aliphatic rings. The van der Waals surface area contributed by atoms with Crippen molar-refractivity contribution in [3.63, 3.8) is 0 Å². The summed E-state index contributed by atoms with van der Waals surface area (Å²) in [5.41, 5.74) is 2.79. The van der Waals surface area contributed by atoms with E-state index in [9.17, 15) is 9.90 Å². The van der Waals surface area contributed by atoms with Crippen LogP contribution in [-0.4, -0.2) is 28.6 Å². The number of benzene rings is 3. The third kappa shape index (κ3) is 4.87. The van der Waals surface area contributed by atoms with Crippen LogP contribution < -0.4 is 4.74 Å². The van der Waals surface area contributed by atoms with E-state index < -0.39 is 12.0 Å². The minimum absolute atomic E-state index is 0.338. The number of ether oxygens (including phenoxy) is 1. The number of nitrogens with zero attached hydrogens (tertiary/aromatic N) is 1. The van der Waals surface area contributed by atoms with Crippen LogP contribution in [0.25, 0.3) is 0 Å². The molecule has 1 aliphatic heterocycles. The molecule has 6 heteroatoms. The minimum atomic E-state index is -0.822. The fourth-order valence-electron chi connectivity index (χ4n) is 4.16. The quantitative estimate of drug-likeness (QED) is 0.459. The van der Waals surface area contributed by atoms with Crippen molar-refractivity contribution in [2.45, 2.75) is 31.5 Å². The van der Waals surface area contributed by atoms with E-state index in [4.69, 9.17) is 27.9 Å². The molecule has 1 N–H and O–H groups in total. The summed E-state index contributed by atoms with van der Waals surface area (Å²) in [6.07, 6.45) is 1.42. The van der Waals surface area contributed by atoms with Crippen molar-refractivity contribution in [3.8, 4) is 5.75 Å². The molecule has 1 saturated heterocycles. The molecule has 0 aromatic heterocycles. The molecule has 0 bridgehead atoms. The normalized spacial score (nSPS) is 17.4.